The Bertz CT molecular complexity index is 938. The number of likely N-dealkylation sites (tertiary alicyclic amines) is 1. The summed E-state index contributed by atoms with van der Waals surface area (Å²) >= 11 is 0. The van der Waals surface area contributed by atoms with E-state index < -0.39 is 10.0 Å². The normalized spacial score (nSPS) is 20.0. The summed E-state index contributed by atoms with van der Waals surface area (Å²) in [5.41, 5.74) is 0.573. The first kappa shape index (κ1) is 18.1. The molecule has 4 heterocycles. The van der Waals surface area contributed by atoms with Gasteiger partial charge in [0.05, 0.1) is 17.9 Å². The molecule has 1 amide bonds. The van der Waals surface area contributed by atoms with Crippen LogP contribution in [0.5, 0.6) is 0 Å². The van der Waals surface area contributed by atoms with Crippen molar-refractivity contribution in [3.63, 3.8) is 0 Å². The first-order valence-electron chi connectivity index (χ1n) is 8.81. The van der Waals surface area contributed by atoms with Gasteiger partial charge in [0.15, 0.2) is 12.2 Å². The number of amides is 1. The third-order valence-electron chi connectivity index (χ3n) is 5.20. The summed E-state index contributed by atoms with van der Waals surface area (Å²) in [4.78, 5) is 22.4. The number of hydrogen-bond acceptors (Lipinski definition) is 8. The van der Waals surface area contributed by atoms with Crippen LogP contribution in [0.15, 0.2) is 15.3 Å². The van der Waals surface area contributed by atoms with E-state index in [1.54, 1.807) is 11.8 Å². The van der Waals surface area contributed by atoms with Crippen LogP contribution in [0.1, 0.15) is 52.6 Å². The molecule has 0 radical (unpaired) electrons. The first-order valence-corrected chi connectivity index (χ1v) is 10.7. The Morgan fingerprint density at radius 2 is 1.93 bits per heavy atom. The molecular formula is C16H21N5O5S. The smallest absolute Gasteiger partial charge is 0.291 e. The van der Waals surface area contributed by atoms with Gasteiger partial charge in [0.2, 0.25) is 21.7 Å². The van der Waals surface area contributed by atoms with Gasteiger partial charge in [-0.1, -0.05) is 5.16 Å². The minimum Gasteiger partial charge on any atom is -0.438 e. The molecule has 0 aromatic carbocycles. The molecule has 0 bridgehead atoms. The van der Waals surface area contributed by atoms with Crippen molar-refractivity contribution in [2.45, 2.75) is 31.6 Å². The lowest BCUT2D eigenvalue weighted by Crippen LogP contribution is -2.48. The van der Waals surface area contributed by atoms with Crippen LogP contribution in [0.25, 0.3) is 0 Å². The first-order chi connectivity index (χ1) is 12.8. The Morgan fingerprint density at radius 1 is 1.22 bits per heavy atom. The molecule has 0 unspecified atom stereocenters. The van der Waals surface area contributed by atoms with Gasteiger partial charge in [-0.15, -0.1) is 0 Å². The van der Waals surface area contributed by atoms with E-state index in [4.69, 9.17) is 8.94 Å². The number of hydrogen-bond donors (Lipinski definition) is 0. The number of carbonyl (C=O) groups is 1. The van der Waals surface area contributed by atoms with E-state index in [0.717, 1.165) is 0 Å². The maximum Gasteiger partial charge on any atom is 0.291 e. The van der Waals surface area contributed by atoms with Crippen LogP contribution >= 0.6 is 0 Å². The van der Waals surface area contributed by atoms with Gasteiger partial charge < -0.3 is 13.8 Å². The van der Waals surface area contributed by atoms with Crippen molar-refractivity contribution in [1.29, 1.82) is 0 Å². The topological polar surface area (TPSA) is 123 Å². The van der Waals surface area contributed by atoms with Crippen molar-refractivity contribution in [1.82, 2.24) is 24.3 Å². The number of aryl methyl sites for hydroxylation is 1. The quantitative estimate of drug-likeness (QED) is 0.743. The second kappa shape index (κ2) is 6.71. The van der Waals surface area contributed by atoms with Gasteiger partial charge in [0, 0.05) is 32.1 Å². The van der Waals surface area contributed by atoms with Crippen molar-refractivity contribution in [2.75, 3.05) is 32.4 Å². The Balaban J connectivity index is 1.34. The molecule has 0 aliphatic carbocycles. The molecule has 0 atom stereocenters. The molecule has 146 valence electrons. The highest BCUT2D eigenvalue weighted by atomic mass is 32.2. The Labute approximate surface area is 156 Å². The molecule has 2 saturated heterocycles. The SMILES string of the molecule is Cc1ncoc1C(=O)N1CC(c2nc(C3CCN(S(C)(=O)=O)CC3)no2)C1. The summed E-state index contributed by atoms with van der Waals surface area (Å²) < 4.78 is 35.2. The van der Waals surface area contributed by atoms with Crippen LogP contribution in [-0.4, -0.2) is 71.1 Å². The summed E-state index contributed by atoms with van der Waals surface area (Å²) in [5, 5.41) is 4.08. The Kier molecular flexibility index (Phi) is 4.50. The zero-order chi connectivity index (χ0) is 19.2. The molecule has 0 spiro atoms. The molecular weight excluding hydrogens is 374 g/mol. The van der Waals surface area contributed by atoms with Gasteiger partial charge in [-0.05, 0) is 19.8 Å². The molecule has 2 aliphatic rings. The molecule has 2 aliphatic heterocycles. The molecule has 4 rings (SSSR count). The number of piperidine rings is 1. The number of rotatable bonds is 4. The van der Waals surface area contributed by atoms with Gasteiger partial charge in [0.25, 0.3) is 5.91 Å². The van der Waals surface area contributed by atoms with Crippen molar-refractivity contribution in [3.05, 3.63) is 29.6 Å². The van der Waals surface area contributed by atoms with Crippen LogP contribution in [0.3, 0.4) is 0 Å². The van der Waals surface area contributed by atoms with Crippen LogP contribution < -0.4 is 0 Å². The van der Waals surface area contributed by atoms with Gasteiger partial charge in [-0.25, -0.2) is 17.7 Å². The fourth-order valence-corrected chi connectivity index (χ4v) is 4.35. The average molecular weight is 395 g/mol. The third kappa shape index (κ3) is 3.48. The fourth-order valence-electron chi connectivity index (χ4n) is 3.48. The van der Waals surface area contributed by atoms with E-state index in [9.17, 15) is 13.2 Å². The molecule has 2 aromatic heterocycles. The van der Waals surface area contributed by atoms with Crippen molar-refractivity contribution in [3.8, 4) is 0 Å². The summed E-state index contributed by atoms with van der Waals surface area (Å²) in [6.07, 6.45) is 3.83. The standard InChI is InChI=1S/C16H21N5O5S/c1-10-13(25-9-17-10)16(22)20-7-12(8-20)15-18-14(19-26-15)11-3-5-21(6-4-11)27(2,23)24/h9,11-12H,3-8H2,1-2H3. The van der Waals surface area contributed by atoms with E-state index in [2.05, 4.69) is 15.1 Å². The summed E-state index contributed by atoms with van der Waals surface area (Å²) in [5.74, 6) is 1.32. The highest BCUT2D eigenvalue weighted by molar-refractivity contribution is 7.88. The number of aromatic nitrogens is 3. The lowest BCUT2D eigenvalue weighted by Gasteiger charge is -2.36. The maximum absolute atomic E-state index is 12.3. The van der Waals surface area contributed by atoms with Gasteiger partial charge in [-0.3, -0.25) is 4.79 Å². The minimum absolute atomic E-state index is 0.00883. The van der Waals surface area contributed by atoms with Crippen LogP contribution in [0.4, 0.5) is 0 Å². The average Bonchev–Trinajstić information content (AvgIpc) is 3.22. The predicted octanol–water partition coefficient (Wildman–Crippen LogP) is 0.745. The van der Waals surface area contributed by atoms with E-state index in [0.29, 0.717) is 56.4 Å². The zero-order valence-electron chi connectivity index (χ0n) is 15.2. The third-order valence-corrected chi connectivity index (χ3v) is 6.51. The number of nitrogens with zero attached hydrogens (tertiary/aromatic N) is 5. The highest BCUT2D eigenvalue weighted by Crippen LogP contribution is 2.31. The van der Waals surface area contributed by atoms with E-state index in [1.807, 2.05) is 0 Å². The van der Waals surface area contributed by atoms with Crippen molar-refractivity contribution < 1.29 is 22.2 Å². The Hall–Kier alpha value is -2.27. The number of oxazole rings is 1. The molecule has 0 N–H and O–H groups in total. The minimum atomic E-state index is -3.15. The second-order valence-corrected chi connectivity index (χ2v) is 9.08. The second-order valence-electron chi connectivity index (χ2n) is 7.10. The number of sulfonamides is 1. The molecule has 2 fully saturated rings. The van der Waals surface area contributed by atoms with Crippen molar-refractivity contribution in [2.24, 2.45) is 0 Å². The van der Waals surface area contributed by atoms with Crippen molar-refractivity contribution >= 4 is 15.9 Å². The maximum atomic E-state index is 12.3. The fraction of sp³-hybridized carbons (Fsp3) is 0.625. The molecule has 10 nitrogen and oxygen atoms in total. The van der Waals surface area contributed by atoms with E-state index in [-0.39, 0.29) is 23.5 Å². The van der Waals surface area contributed by atoms with Crippen LogP contribution in [0.2, 0.25) is 0 Å². The van der Waals surface area contributed by atoms with Crippen LogP contribution in [-0.2, 0) is 10.0 Å². The molecule has 0 saturated carbocycles. The lowest BCUT2D eigenvalue weighted by molar-refractivity contribution is 0.0536. The molecule has 2 aromatic rings. The molecule has 11 heteroatoms. The Morgan fingerprint density at radius 3 is 2.52 bits per heavy atom. The zero-order valence-corrected chi connectivity index (χ0v) is 16.0. The van der Waals surface area contributed by atoms with E-state index in [1.165, 1.54) is 17.0 Å². The number of carbonyl (C=O) groups excluding carboxylic acids is 1. The van der Waals surface area contributed by atoms with Gasteiger partial charge >= 0.3 is 0 Å². The highest BCUT2D eigenvalue weighted by Gasteiger charge is 2.38. The predicted molar refractivity (Wildman–Crippen MR) is 92.6 cm³/mol. The summed E-state index contributed by atoms with van der Waals surface area (Å²) in [7, 11) is -3.15. The van der Waals surface area contributed by atoms with Gasteiger partial charge in [-0.2, -0.15) is 4.98 Å². The van der Waals surface area contributed by atoms with E-state index >= 15 is 0 Å². The molecule has 27 heavy (non-hydrogen) atoms. The van der Waals surface area contributed by atoms with Crippen LogP contribution in [0, 0.1) is 6.92 Å². The summed E-state index contributed by atoms with van der Waals surface area (Å²) in [6, 6.07) is 0. The monoisotopic (exact) mass is 395 g/mol. The van der Waals surface area contributed by atoms with Gasteiger partial charge in [0.1, 0.15) is 0 Å². The summed E-state index contributed by atoms with van der Waals surface area (Å²) in [6.45, 7) is 3.65. The lowest BCUT2D eigenvalue weighted by atomic mass is 9.97. The largest absolute Gasteiger partial charge is 0.438 e.